The molecule has 3 unspecified atom stereocenters. The zero-order chi connectivity index (χ0) is 15.4. The van der Waals surface area contributed by atoms with Crippen LogP contribution in [0.25, 0.3) is 0 Å². The van der Waals surface area contributed by atoms with Gasteiger partial charge in [0.15, 0.2) is 0 Å². The van der Waals surface area contributed by atoms with Gasteiger partial charge in [0.2, 0.25) is 0 Å². The van der Waals surface area contributed by atoms with Crippen LogP contribution in [-0.4, -0.2) is 36.3 Å². The third kappa shape index (κ3) is 3.96. The van der Waals surface area contributed by atoms with Crippen LogP contribution >= 0.6 is 0 Å². The van der Waals surface area contributed by atoms with Crippen molar-refractivity contribution >= 4 is 11.7 Å². The van der Waals surface area contributed by atoms with Crippen molar-refractivity contribution in [1.29, 1.82) is 0 Å². The van der Waals surface area contributed by atoms with Gasteiger partial charge in [-0.3, -0.25) is 0 Å². The predicted molar refractivity (Wildman–Crippen MR) is 90.6 cm³/mol. The smallest absolute Gasteiger partial charge is 0.140 e. The van der Waals surface area contributed by atoms with E-state index >= 15 is 0 Å². The van der Waals surface area contributed by atoms with Crippen molar-refractivity contribution in [2.75, 3.05) is 13.6 Å². The quantitative estimate of drug-likeness (QED) is 0.849. The standard InChI is InChI=1S/C17H28N4/c1-12-13(2)17(20-14(3)19-16(12)18)21(4)11-15-9-7-5-6-8-10-15/h5,7,9,12-14H,6,8,10-11H2,1-4H3,(H2,18,19). The van der Waals surface area contributed by atoms with E-state index in [0.717, 1.165) is 18.2 Å². The van der Waals surface area contributed by atoms with Gasteiger partial charge in [-0.2, -0.15) is 0 Å². The maximum Gasteiger partial charge on any atom is 0.140 e. The first kappa shape index (κ1) is 15.8. The van der Waals surface area contributed by atoms with E-state index in [1.54, 1.807) is 0 Å². The van der Waals surface area contributed by atoms with Gasteiger partial charge in [-0.05, 0) is 26.2 Å². The van der Waals surface area contributed by atoms with E-state index in [1.165, 1.54) is 24.8 Å². The van der Waals surface area contributed by atoms with Crippen molar-refractivity contribution in [2.45, 2.75) is 46.2 Å². The summed E-state index contributed by atoms with van der Waals surface area (Å²) in [6, 6.07) is 0. The predicted octanol–water partition coefficient (Wildman–Crippen LogP) is 2.97. The Morgan fingerprint density at radius 2 is 2.00 bits per heavy atom. The third-order valence-corrected chi connectivity index (χ3v) is 4.45. The molecule has 116 valence electrons. The second kappa shape index (κ2) is 6.92. The molecule has 0 saturated heterocycles. The van der Waals surface area contributed by atoms with Crippen molar-refractivity contribution in [2.24, 2.45) is 27.6 Å². The molecule has 2 aliphatic rings. The van der Waals surface area contributed by atoms with Gasteiger partial charge in [-0.25, -0.2) is 9.98 Å². The fourth-order valence-electron chi connectivity index (χ4n) is 2.95. The maximum absolute atomic E-state index is 6.06. The SMILES string of the molecule is CC1N=C(N)C(C)C(C)C(N(C)CC2=CC=CCCC2)=N1. The molecule has 4 heteroatoms. The largest absolute Gasteiger partial charge is 0.387 e. The lowest BCUT2D eigenvalue weighted by atomic mass is 9.93. The van der Waals surface area contributed by atoms with Gasteiger partial charge < -0.3 is 10.6 Å². The van der Waals surface area contributed by atoms with Crippen LogP contribution < -0.4 is 5.73 Å². The second-order valence-corrected chi connectivity index (χ2v) is 6.25. The summed E-state index contributed by atoms with van der Waals surface area (Å²) in [6.07, 6.45) is 10.2. The highest BCUT2D eigenvalue weighted by Gasteiger charge is 2.27. The topological polar surface area (TPSA) is 54.0 Å². The highest BCUT2D eigenvalue weighted by Crippen LogP contribution is 2.22. The molecule has 21 heavy (non-hydrogen) atoms. The highest BCUT2D eigenvalue weighted by molar-refractivity contribution is 5.93. The lowest BCUT2D eigenvalue weighted by molar-refractivity contribution is 0.471. The normalized spacial score (nSPS) is 29.9. The van der Waals surface area contributed by atoms with Gasteiger partial charge in [0, 0.05) is 25.4 Å². The monoisotopic (exact) mass is 288 g/mol. The average Bonchev–Trinajstić information content (AvgIpc) is 2.75. The number of amidine groups is 2. The number of nitrogens with two attached hydrogens (primary N) is 1. The third-order valence-electron chi connectivity index (χ3n) is 4.45. The number of aliphatic imine (C=N–C) groups is 2. The number of rotatable bonds is 2. The van der Waals surface area contributed by atoms with Crippen LogP contribution in [0.2, 0.25) is 0 Å². The molecule has 0 amide bonds. The fraction of sp³-hybridized carbons (Fsp3) is 0.647. The molecule has 2 N–H and O–H groups in total. The molecule has 0 aromatic rings. The molecule has 4 nitrogen and oxygen atoms in total. The minimum absolute atomic E-state index is 0.0853. The van der Waals surface area contributed by atoms with E-state index in [2.05, 4.69) is 49.0 Å². The molecule has 1 heterocycles. The summed E-state index contributed by atoms with van der Waals surface area (Å²) in [6.45, 7) is 7.27. The molecule has 3 atom stereocenters. The molecular formula is C17H28N4. The summed E-state index contributed by atoms with van der Waals surface area (Å²) < 4.78 is 0. The van der Waals surface area contributed by atoms with Gasteiger partial charge in [0.05, 0.1) is 5.84 Å². The van der Waals surface area contributed by atoms with Crippen LogP contribution in [0.5, 0.6) is 0 Å². The average molecular weight is 288 g/mol. The van der Waals surface area contributed by atoms with E-state index in [-0.39, 0.29) is 12.1 Å². The van der Waals surface area contributed by atoms with Gasteiger partial charge >= 0.3 is 0 Å². The van der Waals surface area contributed by atoms with Gasteiger partial charge in [-0.1, -0.05) is 37.6 Å². The van der Waals surface area contributed by atoms with E-state index in [0.29, 0.717) is 5.92 Å². The van der Waals surface area contributed by atoms with Gasteiger partial charge in [-0.15, -0.1) is 0 Å². The number of allylic oxidation sites excluding steroid dienone is 3. The Morgan fingerprint density at radius 1 is 1.24 bits per heavy atom. The maximum atomic E-state index is 6.06. The van der Waals surface area contributed by atoms with Crippen LogP contribution in [0, 0.1) is 11.8 Å². The second-order valence-electron chi connectivity index (χ2n) is 6.25. The van der Waals surface area contributed by atoms with Crippen molar-refractivity contribution in [1.82, 2.24) is 4.90 Å². The Morgan fingerprint density at radius 3 is 2.76 bits per heavy atom. The first-order valence-corrected chi connectivity index (χ1v) is 7.95. The van der Waals surface area contributed by atoms with Gasteiger partial charge in [0.25, 0.3) is 0 Å². The zero-order valence-electron chi connectivity index (χ0n) is 13.7. The summed E-state index contributed by atoms with van der Waals surface area (Å²) in [4.78, 5) is 11.5. The molecule has 1 aliphatic heterocycles. The van der Waals surface area contributed by atoms with Crippen molar-refractivity contribution in [3.8, 4) is 0 Å². The van der Waals surface area contributed by atoms with Crippen LogP contribution in [-0.2, 0) is 0 Å². The molecule has 0 aromatic carbocycles. The summed E-state index contributed by atoms with van der Waals surface area (Å²) in [5, 5.41) is 0. The highest BCUT2D eigenvalue weighted by atomic mass is 15.2. The molecule has 0 aromatic heterocycles. The van der Waals surface area contributed by atoms with E-state index < -0.39 is 0 Å². The first-order valence-electron chi connectivity index (χ1n) is 7.95. The molecule has 0 saturated carbocycles. The Bertz CT molecular complexity index is 487. The Labute approximate surface area is 128 Å². The number of hydrogen-bond donors (Lipinski definition) is 1. The Kier molecular flexibility index (Phi) is 5.21. The minimum Gasteiger partial charge on any atom is -0.387 e. The molecule has 0 radical (unpaired) electrons. The number of nitrogens with zero attached hydrogens (tertiary/aromatic N) is 3. The van der Waals surface area contributed by atoms with Crippen LogP contribution in [0.1, 0.15) is 40.0 Å². The first-order chi connectivity index (χ1) is 9.99. The molecular weight excluding hydrogens is 260 g/mol. The Hall–Kier alpha value is -1.58. The molecule has 0 spiro atoms. The molecule has 0 bridgehead atoms. The van der Waals surface area contributed by atoms with E-state index in [1.807, 2.05) is 6.92 Å². The summed E-state index contributed by atoms with van der Waals surface area (Å²) in [7, 11) is 2.13. The van der Waals surface area contributed by atoms with E-state index in [4.69, 9.17) is 10.7 Å². The van der Waals surface area contributed by atoms with Crippen LogP contribution in [0.15, 0.2) is 33.8 Å². The minimum atomic E-state index is -0.0853. The van der Waals surface area contributed by atoms with Crippen molar-refractivity contribution in [3.63, 3.8) is 0 Å². The number of hydrogen-bond acceptors (Lipinski definition) is 4. The summed E-state index contributed by atoms with van der Waals surface area (Å²) >= 11 is 0. The number of likely N-dealkylation sites (N-methyl/N-ethyl adjacent to an activating group) is 1. The van der Waals surface area contributed by atoms with Crippen LogP contribution in [0.3, 0.4) is 0 Å². The Balaban J connectivity index is 2.12. The fourth-order valence-corrected chi connectivity index (χ4v) is 2.95. The van der Waals surface area contributed by atoms with E-state index in [9.17, 15) is 0 Å². The van der Waals surface area contributed by atoms with Crippen LogP contribution in [0.4, 0.5) is 0 Å². The van der Waals surface area contributed by atoms with Crippen molar-refractivity contribution in [3.05, 3.63) is 23.8 Å². The zero-order valence-corrected chi connectivity index (χ0v) is 13.7. The van der Waals surface area contributed by atoms with Gasteiger partial charge in [0.1, 0.15) is 12.0 Å². The lowest BCUT2D eigenvalue weighted by Gasteiger charge is -2.28. The molecule has 2 rings (SSSR count). The summed E-state index contributed by atoms with van der Waals surface area (Å²) in [5.74, 6) is 2.37. The molecule has 0 fully saturated rings. The molecule has 1 aliphatic carbocycles. The van der Waals surface area contributed by atoms with Crippen molar-refractivity contribution < 1.29 is 0 Å². The summed E-state index contributed by atoms with van der Waals surface area (Å²) in [5.41, 5.74) is 7.54. The lowest BCUT2D eigenvalue weighted by Crippen LogP contribution is -2.38.